The van der Waals surface area contributed by atoms with E-state index >= 15 is 0 Å². The van der Waals surface area contributed by atoms with E-state index in [1.165, 1.54) is 11.3 Å². The topological polar surface area (TPSA) is 76.3 Å². The molecule has 1 aromatic rings. The van der Waals surface area contributed by atoms with E-state index in [4.69, 9.17) is 5.73 Å². The summed E-state index contributed by atoms with van der Waals surface area (Å²) < 4.78 is 0. The Bertz CT molecular complexity index is 589. The summed E-state index contributed by atoms with van der Waals surface area (Å²) in [7, 11) is 0. The third-order valence-corrected chi connectivity index (χ3v) is 5.75. The fraction of sp³-hybridized carbons (Fsp3) is 0.688. The van der Waals surface area contributed by atoms with Crippen LogP contribution in [-0.2, 0) is 10.2 Å². The van der Waals surface area contributed by atoms with Crippen LogP contribution >= 0.6 is 11.3 Å². The Labute approximate surface area is 135 Å². The van der Waals surface area contributed by atoms with Crippen molar-refractivity contribution in [1.29, 1.82) is 0 Å². The lowest BCUT2D eigenvalue weighted by Gasteiger charge is -2.36. The zero-order valence-corrected chi connectivity index (χ0v) is 14.8. The average Bonchev–Trinajstić information content (AvgIpc) is 2.80. The summed E-state index contributed by atoms with van der Waals surface area (Å²) in [5.41, 5.74) is 6.12. The Morgan fingerprint density at radius 3 is 2.45 bits per heavy atom. The molecule has 2 amide bonds. The van der Waals surface area contributed by atoms with E-state index in [1.54, 1.807) is 4.90 Å². The second-order valence-electron chi connectivity index (χ2n) is 7.17. The predicted octanol–water partition coefficient (Wildman–Crippen LogP) is 2.48. The van der Waals surface area contributed by atoms with Crippen LogP contribution in [0.5, 0.6) is 0 Å². The molecular formula is C16H25N3O2S. The van der Waals surface area contributed by atoms with E-state index in [2.05, 4.69) is 25.8 Å². The third-order valence-electron chi connectivity index (χ3n) is 4.18. The molecule has 5 nitrogen and oxygen atoms in total. The molecule has 2 rings (SSSR count). The molecule has 0 radical (unpaired) electrons. The quantitative estimate of drug-likeness (QED) is 0.908. The van der Waals surface area contributed by atoms with Gasteiger partial charge < -0.3 is 10.6 Å². The first-order valence-electron chi connectivity index (χ1n) is 7.69. The number of primary amides is 1. The molecular weight excluding hydrogens is 298 g/mol. The minimum absolute atomic E-state index is 0.0241. The van der Waals surface area contributed by atoms with Gasteiger partial charge in [-0.2, -0.15) is 0 Å². The SMILES string of the molecule is Cc1nc(C(C)(C)C)sc1C(=O)N1CC(C(N)=O)CCC1C. The lowest BCUT2D eigenvalue weighted by Crippen LogP contribution is -2.48. The highest BCUT2D eigenvalue weighted by atomic mass is 32.1. The summed E-state index contributed by atoms with van der Waals surface area (Å²) in [6, 6.07) is 0.127. The molecule has 22 heavy (non-hydrogen) atoms. The van der Waals surface area contributed by atoms with Gasteiger partial charge in [0.05, 0.1) is 16.6 Å². The average molecular weight is 323 g/mol. The highest BCUT2D eigenvalue weighted by molar-refractivity contribution is 7.14. The van der Waals surface area contributed by atoms with Gasteiger partial charge in [0.25, 0.3) is 5.91 Å². The molecule has 1 aliphatic heterocycles. The summed E-state index contributed by atoms with van der Waals surface area (Å²) in [5, 5.41) is 0.962. The maximum atomic E-state index is 12.9. The second-order valence-corrected chi connectivity index (χ2v) is 8.17. The van der Waals surface area contributed by atoms with Crippen molar-refractivity contribution in [2.24, 2.45) is 11.7 Å². The molecule has 0 spiro atoms. The van der Waals surface area contributed by atoms with Crippen molar-refractivity contribution in [1.82, 2.24) is 9.88 Å². The fourth-order valence-corrected chi connectivity index (χ4v) is 3.75. The zero-order valence-electron chi connectivity index (χ0n) is 14.0. The summed E-state index contributed by atoms with van der Waals surface area (Å²) >= 11 is 1.46. The van der Waals surface area contributed by atoms with Gasteiger partial charge >= 0.3 is 0 Å². The van der Waals surface area contributed by atoms with Crippen LogP contribution in [0.15, 0.2) is 0 Å². The van der Waals surface area contributed by atoms with Crippen molar-refractivity contribution in [2.75, 3.05) is 6.54 Å². The van der Waals surface area contributed by atoms with Gasteiger partial charge in [-0.1, -0.05) is 20.8 Å². The van der Waals surface area contributed by atoms with E-state index in [9.17, 15) is 9.59 Å². The van der Waals surface area contributed by atoms with Crippen molar-refractivity contribution < 1.29 is 9.59 Å². The fourth-order valence-electron chi connectivity index (χ4n) is 2.67. The lowest BCUT2D eigenvalue weighted by atomic mass is 9.93. The number of carbonyl (C=O) groups is 2. The van der Waals surface area contributed by atoms with Gasteiger partial charge in [0, 0.05) is 18.0 Å². The van der Waals surface area contributed by atoms with Gasteiger partial charge in [-0.05, 0) is 26.7 Å². The zero-order chi connectivity index (χ0) is 16.7. The summed E-state index contributed by atoms with van der Waals surface area (Å²) in [4.78, 5) is 31.3. The molecule has 2 atom stereocenters. The number of likely N-dealkylation sites (tertiary alicyclic amines) is 1. The van der Waals surface area contributed by atoms with E-state index in [-0.39, 0.29) is 29.2 Å². The second kappa shape index (κ2) is 5.99. The molecule has 2 unspecified atom stereocenters. The van der Waals surface area contributed by atoms with Crippen LogP contribution in [0.1, 0.15) is 60.9 Å². The molecule has 2 N–H and O–H groups in total. The summed E-state index contributed by atoms with van der Waals surface area (Å²) in [6.45, 7) is 10.6. The highest BCUT2D eigenvalue weighted by Crippen LogP contribution is 2.31. The van der Waals surface area contributed by atoms with E-state index in [0.29, 0.717) is 11.4 Å². The third kappa shape index (κ3) is 3.32. The first kappa shape index (κ1) is 16.9. The maximum absolute atomic E-state index is 12.9. The molecule has 6 heteroatoms. The van der Waals surface area contributed by atoms with Gasteiger partial charge in [-0.25, -0.2) is 4.98 Å². The molecule has 1 fully saturated rings. The van der Waals surface area contributed by atoms with E-state index < -0.39 is 0 Å². The van der Waals surface area contributed by atoms with Crippen molar-refractivity contribution in [3.8, 4) is 0 Å². The summed E-state index contributed by atoms with van der Waals surface area (Å²) in [6.07, 6.45) is 1.57. The lowest BCUT2D eigenvalue weighted by molar-refractivity contribution is -0.123. The highest BCUT2D eigenvalue weighted by Gasteiger charge is 2.34. The molecule has 0 saturated carbocycles. The Morgan fingerprint density at radius 1 is 1.32 bits per heavy atom. The smallest absolute Gasteiger partial charge is 0.266 e. The number of amides is 2. The minimum atomic E-state index is -0.318. The van der Waals surface area contributed by atoms with Crippen LogP contribution in [0.4, 0.5) is 0 Å². The maximum Gasteiger partial charge on any atom is 0.266 e. The number of nitrogens with two attached hydrogens (primary N) is 1. The van der Waals surface area contributed by atoms with Gasteiger partial charge in [0.2, 0.25) is 5.91 Å². The Hall–Kier alpha value is -1.43. The minimum Gasteiger partial charge on any atom is -0.369 e. The molecule has 122 valence electrons. The van der Waals surface area contributed by atoms with Gasteiger partial charge in [-0.3, -0.25) is 9.59 Å². The Kier molecular flexibility index (Phi) is 4.61. The van der Waals surface area contributed by atoms with Crippen molar-refractivity contribution in [2.45, 2.75) is 58.9 Å². The summed E-state index contributed by atoms with van der Waals surface area (Å²) in [5.74, 6) is -0.583. The number of rotatable bonds is 2. The molecule has 0 aliphatic carbocycles. The first-order chi connectivity index (χ1) is 10.1. The molecule has 1 aliphatic rings. The van der Waals surface area contributed by atoms with Crippen molar-refractivity contribution >= 4 is 23.2 Å². The van der Waals surface area contributed by atoms with Gasteiger partial charge in [0.15, 0.2) is 0 Å². The van der Waals surface area contributed by atoms with Crippen molar-refractivity contribution in [3.05, 3.63) is 15.6 Å². The first-order valence-corrected chi connectivity index (χ1v) is 8.51. The van der Waals surface area contributed by atoms with Crippen LogP contribution in [0.3, 0.4) is 0 Å². The Morgan fingerprint density at radius 2 is 1.95 bits per heavy atom. The van der Waals surface area contributed by atoms with Crippen LogP contribution < -0.4 is 5.73 Å². The largest absolute Gasteiger partial charge is 0.369 e. The van der Waals surface area contributed by atoms with E-state index in [1.807, 2.05) is 13.8 Å². The monoisotopic (exact) mass is 323 g/mol. The standard InChI is InChI=1S/C16H25N3O2S/c1-9-6-7-11(13(17)20)8-19(9)14(21)12-10(2)18-15(22-12)16(3,4)5/h9,11H,6-8H2,1-5H3,(H2,17,20). The number of piperidine rings is 1. The van der Waals surface area contributed by atoms with Crippen LogP contribution in [-0.4, -0.2) is 34.3 Å². The molecule has 1 aromatic heterocycles. The number of aryl methyl sites for hydroxylation is 1. The molecule has 0 bridgehead atoms. The van der Waals surface area contributed by atoms with Crippen molar-refractivity contribution in [3.63, 3.8) is 0 Å². The normalized spacial score (nSPS) is 22.7. The number of hydrogen-bond donors (Lipinski definition) is 1. The molecule has 1 saturated heterocycles. The van der Waals surface area contributed by atoms with Crippen LogP contribution in [0.25, 0.3) is 0 Å². The van der Waals surface area contributed by atoms with E-state index in [0.717, 1.165) is 23.5 Å². The number of carbonyl (C=O) groups excluding carboxylic acids is 2. The van der Waals surface area contributed by atoms with Crippen LogP contribution in [0, 0.1) is 12.8 Å². The molecule has 0 aromatic carbocycles. The Balaban J connectivity index is 2.27. The van der Waals surface area contributed by atoms with Crippen LogP contribution in [0.2, 0.25) is 0 Å². The number of thiazole rings is 1. The number of hydrogen-bond acceptors (Lipinski definition) is 4. The molecule has 2 heterocycles. The number of nitrogens with zero attached hydrogens (tertiary/aromatic N) is 2. The van der Waals surface area contributed by atoms with Gasteiger partial charge in [-0.15, -0.1) is 11.3 Å². The number of aromatic nitrogens is 1. The van der Waals surface area contributed by atoms with Gasteiger partial charge in [0.1, 0.15) is 4.88 Å². The predicted molar refractivity (Wildman–Crippen MR) is 88.0 cm³/mol.